The lowest BCUT2D eigenvalue weighted by atomic mass is 9.90. The minimum atomic E-state index is -0.729. The van der Waals surface area contributed by atoms with Gasteiger partial charge in [0.2, 0.25) is 0 Å². The number of ketones is 1. The minimum Gasteiger partial charge on any atom is -0.292 e. The van der Waals surface area contributed by atoms with Gasteiger partial charge in [0.15, 0.2) is 5.78 Å². The molecule has 18 heavy (non-hydrogen) atoms. The van der Waals surface area contributed by atoms with Gasteiger partial charge in [0, 0.05) is 5.56 Å². The number of Topliss-reactive ketones (excluding diaryl/α,β-unsaturated/α-hetero) is 1. The number of hydrogen-bond acceptors (Lipinski definition) is 2. The lowest BCUT2D eigenvalue weighted by molar-refractivity contribution is 0.0978. The molecule has 2 aromatic rings. The van der Waals surface area contributed by atoms with Crippen LogP contribution in [0, 0.1) is 18.3 Å². The molecule has 2 nitrogen and oxygen atoms in total. The number of carbonyl (C=O) groups is 1. The van der Waals surface area contributed by atoms with E-state index in [0.29, 0.717) is 5.56 Å². The third kappa shape index (κ3) is 2.31. The van der Waals surface area contributed by atoms with Crippen LogP contribution < -0.4 is 0 Å². The van der Waals surface area contributed by atoms with Crippen molar-refractivity contribution in [1.82, 2.24) is 0 Å². The van der Waals surface area contributed by atoms with Gasteiger partial charge < -0.3 is 0 Å². The van der Waals surface area contributed by atoms with E-state index in [1.54, 1.807) is 6.07 Å². The highest BCUT2D eigenvalue weighted by molar-refractivity contribution is 6.03. The fourth-order valence-electron chi connectivity index (χ4n) is 1.93. The highest BCUT2D eigenvalue weighted by Gasteiger charge is 2.22. The van der Waals surface area contributed by atoms with Gasteiger partial charge in [0.05, 0.1) is 6.07 Å². The molecular weight excluding hydrogens is 222 g/mol. The summed E-state index contributed by atoms with van der Waals surface area (Å²) >= 11 is 0. The fraction of sp³-hybridized carbons (Fsp3) is 0.125. The SMILES string of the molecule is Cc1ccccc1C(=O)C(C#N)c1ccccc1. The van der Waals surface area contributed by atoms with E-state index < -0.39 is 5.92 Å². The van der Waals surface area contributed by atoms with Crippen LogP contribution in [0.4, 0.5) is 0 Å². The number of rotatable bonds is 3. The number of nitrogens with zero attached hydrogens (tertiary/aromatic N) is 1. The van der Waals surface area contributed by atoms with Gasteiger partial charge in [0.1, 0.15) is 5.92 Å². The lowest BCUT2D eigenvalue weighted by Gasteiger charge is -2.10. The van der Waals surface area contributed by atoms with E-state index in [9.17, 15) is 10.1 Å². The van der Waals surface area contributed by atoms with Crippen molar-refractivity contribution in [3.05, 3.63) is 71.3 Å². The maximum Gasteiger partial charge on any atom is 0.184 e. The molecule has 1 unspecified atom stereocenters. The van der Waals surface area contributed by atoms with Gasteiger partial charge in [-0.2, -0.15) is 5.26 Å². The Kier molecular flexibility index (Phi) is 3.54. The summed E-state index contributed by atoms with van der Waals surface area (Å²) < 4.78 is 0. The van der Waals surface area contributed by atoms with Crippen molar-refractivity contribution >= 4 is 5.78 Å². The van der Waals surface area contributed by atoms with Crippen LogP contribution in [-0.4, -0.2) is 5.78 Å². The van der Waals surface area contributed by atoms with Gasteiger partial charge in [-0.05, 0) is 18.1 Å². The zero-order chi connectivity index (χ0) is 13.0. The molecule has 0 amide bonds. The van der Waals surface area contributed by atoms with Crippen molar-refractivity contribution in [2.24, 2.45) is 0 Å². The number of nitriles is 1. The van der Waals surface area contributed by atoms with Crippen LogP contribution in [0.15, 0.2) is 54.6 Å². The molecule has 1 atom stereocenters. The number of hydrogen-bond donors (Lipinski definition) is 0. The molecule has 2 heteroatoms. The summed E-state index contributed by atoms with van der Waals surface area (Å²) in [5.41, 5.74) is 2.26. The molecule has 2 rings (SSSR count). The topological polar surface area (TPSA) is 40.9 Å². The normalized spacial score (nSPS) is 11.6. The first-order chi connectivity index (χ1) is 8.74. The van der Waals surface area contributed by atoms with Crippen LogP contribution >= 0.6 is 0 Å². The van der Waals surface area contributed by atoms with E-state index in [1.807, 2.05) is 55.5 Å². The molecule has 0 radical (unpaired) electrons. The molecule has 0 aliphatic heterocycles. The largest absolute Gasteiger partial charge is 0.292 e. The van der Waals surface area contributed by atoms with Gasteiger partial charge in [-0.3, -0.25) is 4.79 Å². The van der Waals surface area contributed by atoms with Gasteiger partial charge in [-0.1, -0.05) is 54.6 Å². The zero-order valence-electron chi connectivity index (χ0n) is 10.1. The lowest BCUT2D eigenvalue weighted by Crippen LogP contribution is -2.12. The summed E-state index contributed by atoms with van der Waals surface area (Å²) in [6.45, 7) is 1.88. The molecule has 88 valence electrons. The van der Waals surface area contributed by atoms with E-state index in [1.165, 1.54) is 0 Å². The van der Waals surface area contributed by atoms with Crippen molar-refractivity contribution in [3.8, 4) is 6.07 Å². The third-order valence-corrected chi connectivity index (χ3v) is 2.93. The van der Waals surface area contributed by atoms with Crippen LogP contribution in [0.3, 0.4) is 0 Å². The molecule has 0 aliphatic rings. The van der Waals surface area contributed by atoms with Crippen LogP contribution in [0.25, 0.3) is 0 Å². The average molecular weight is 235 g/mol. The second-order valence-electron chi connectivity index (χ2n) is 4.15. The Labute approximate surface area is 107 Å². The maximum atomic E-state index is 12.4. The van der Waals surface area contributed by atoms with Crippen LogP contribution in [0.5, 0.6) is 0 Å². The summed E-state index contributed by atoms with van der Waals surface area (Å²) in [6.07, 6.45) is 0. The number of carbonyl (C=O) groups excluding carboxylic acids is 1. The predicted molar refractivity (Wildman–Crippen MR) is 70.3 cm³/mol. The average Bonchev–Trinajstić information content (AvgIpc) is 2.41. The van der Waals surface area contributed by atoms with E-state index in [-0.39, 0.29) is 5.78 Å². The maximum absolute atomic E-state index is 12.4. The zero-order valence-corrected chi connectivity index (χ0v) is 10.1. The van der Waals surface area contributed by atoms with Crippen molar-refractivity contribution < 1.29 is 4.79 Å². The van der Waals surface area contributed by atoms with Crippen molar-refractivity contribution in [3.63, 3.8) is 0 Å². The van der Waals surface area contributed by atoms with Crippen molar-refractivity contribution in [2.45, 2.75) is 12.8 Å². The smallest absolute Gasteiger partial charge is 0.184 e. The van der Waals surface area contributed by atoms with Gasteiger partial charge in [-0.15, -0.1) is 0 Å². The Bertz CT molecular complexity index is 596. The van der Waals surface area contributed by atoms with Crippen LogP contribution in [0.1, 0.15) is 27.4 Å². The molecule has 0 aromatic heterocycles. The van der Waals surface area contributed by atoms with Crippen molar-refractivity contribution in [1.29, 1.82) is 5.26 Å². The fourth-order valence-corrected chi connectivity index (χ4v) is 1.93. The summed E-state index contributed by atoms with van der Waals surface area (Å²) in [5, 5.41) is 9.23. The molecular formula is C16H13NO. The predicted octanol–water partition coefficient (Wildman–Crippen LogP) is 3.49. The second kappa shape index (κ2) is 5.29. The summed E-state index contributed by atoms with van der Waals surface area (Å²) in [5.74, 6) is -0.867. The molecule has 0 saturated carbocycles. The van der Waals surface area contributed by atoms with Crippen molar-refractivity contribution in [2.75, 3.05) is 0 Å². The van der Waals surface area contributed by atoms with Gasteiger partial charge in [0.25, 0.3) is 0 Å². The summed E-state index contributed by atoms with van der Waals surface area (Å²) in [7, 11) is 0. The summed E-state index contributed by atoms with van der Waals surface area (Å²) in [4.78, 5) is 12.4. The highest BCUT2D eigenvalue weighted by atomic mass is 16.1. The quantitative estimate of drug-likeness (QED) is 0.764. The van der Waals surface area contributed by atoms with Gasteiger partial charge in [-0.25, -0.2) is 0 Å². The number of aryl methyl sites for hydroxylation is 1. The van der Waals surface area contributed by atoms with Crippen LogP contribution in [-0.2, 0) is 0 Å². The summed E-state index contributed by atoms with van der Waals surface area (Å²) in [6, 6.07) is 18.6. The molecule has 0 bridgehead atoms. The Morgan fingerprint density at radius 1 is 1.06 bits per heavy atom. The molecule has 0 N–H and O–H groups in total. The highest BCUT2D eigenvalue weighted by Crippen LogP contribution is 2.21. The Morgan fingerprint density at radius 3 is 2.28 bits per heavy atom. The second-order valence-corrected chi connectivity index (χ2v) is 4.15. The first kappa shape index (κ1) is 12.1. The van der Waals surface area contributed by atoms with Crippen LogP contribution in [0.2, 0.25) is 0 Å². The Balaban J connectivity index is 2.39. The Morgan fingerprint density at radius 2 is 1.67 bits per heavy atom. The van der Waals surface area contributed by atoms with E-state index in [2.05, 4.69) is 6.07 Å². The Hall–Kier alpha value is -2.40. The number of benzene rings is 2. The van der Waals surface area contributed by atoms with Gasteiger partial charge >= 0.3 is 0 Å². The molecule has 0 saturated heterocycles. The molecule has 0 aliphatic carbocycles. The molecule has 0 fully saturated rings. The first-order valence-corrected chi connectivity index (χ1v) is 5.78. The minimum absolute atomic E-state index is 0.137. The van der Waals surface area contributed by atoms with E-state index in [4.69, 9.17) is 0 Å². The van der Waals surface area contributed by atoms with E-state index in [0.717, 1.165) is 11.1 Å². The molecule has 2 aromatic carbocycles. The van der Waals surface area contributed by atoms with E-state index >= 15 is 0 Å². The third-order valence-electron chi connectivity index (χ3n) is 2.93. The molecule has 0 heterocycles. The molecule has 0 spiro atoms. The monoisotopic (exact) mass is 235 g/mol. The first-order valence-electron chi connectivity index (χ1n) is 5.78. The standard InChI is InChI=1S/C16H13NO/c1-12-7-5-6-10-14(12)16(18)15(11-17)13-8-3-2-4-9-13/h2-10,15H,1H3.